The average molecular weight is 414 g/mol. The van der Waals surface area contributed by atoms with E-state index in [1.54, 1.807) is 24.3 Å². The minimum absolute atomic E-state index is 0.0244. The highest BCUT2D eigenvalue weighted by Crippen LogP contribution is 2.22. The van der Waals surface area contributed by atoms with Crippen molar-refractivity contribution in [3.8, 4) is 0 Å². The average Bonchev–Trinajstić information content (AvgIpc) is 2.70. The van der Waals surface area contributed by atoms with Crippen molar-refractivity contribution in [3.63, 3.8) is 0 Å². The molecule has 6 nitrogen and oxygen atoms in total. The molecule has 0 heterocycles. The van der Waals surface area contributed by atoms with Crippen LogP contribution in [0.15, 0.2) is 48.5 Å². The van der Waals surface area contributed by atoms with Crippen molar-refractivity contribution < 1.29 is 23.5 Å². The molecule has 160 valence electrons. The van der Waals surface area contributed by atoms with Gasteiger partial charge in [-0.1, -0.05) is 45.0 Å². The van der Waals surface area contributed by atoms with Crippen LogP contribution < -0.4 is 10.6 Å². The second-order valence-electron chi connectivity index (χ2n) is 8.03. The first kappa shape index (κ1) is 23.1. The summed E-state index contributed by atoms with van der Waals surface area (Å²) in [5.74, 6) is -1.98. The number of esters is 1. The van der Waals surface area contributed by atoms with Gasteiger partial charge in [-0.3, -0.25) is 9.59 Å². The van der Waals surface area contributed by atoms with E-state index in [0.717, 1.165) is 5.56 Å². The van der Waals surface area contributed by atoms with Gasteiger partial charge in [-0.15, -0.1) is 0 Å². The second-order valence-corrected chi connectivity index (χ2v) is 8.03. The second kappa shape index (κ2) is 10.0. The molecule has 0 saturated heterocycles. The van der Waals surface area contributed by atoms with E-state index in [1.807, 2.05) is 12.1 Å². The fourth-order valence-electron chi connectivity index (χ4n) is 2.58. The number of carbonyl (C=O) groups is 3. The number of ether oxygens (including phenoxy) is 1. The summed E-state index contributed by atoms with van der Waals surface area (Å²) >= 11 is 0. The fourth-order valence-corrected chi connectivity index (χ4v) is 2.58. The van der Waals surface area contributed by atoms with Crippen molar-refractivity contribution in [1.82, 2.24) is 10.6 Å². The zero-order valence-corrected chi connectivity index (χ0v) is 17.6. The van der Waals surface area contributed by atoms with Crippen molar-refractivity contribution in [3.05, 3.63) is 71.0 Å². The fraction of sp³-hybridized carbons (Fsp3) is 0.348. The van der Waals surface area contributed by atoms with Gasteiger partial charge in [0, 0.05) is 12.1 Å². The molecular formula is C23H27FN2O4. The molecule has 1 atom stereocenters. The van der Waals surface area contributed by atoms with Gasteiger partial charge in [0.2, 0.25) is 0 Å². The SMILES string of the molecule is C[C@H](NC(=O)c1ccc(C(C)(C)C)cc1)C(=O)OCC(=O)NCc1ccc(F)cc1. The zero-order valence-electron chi connectivity index (χ0n) is 17.6. The highest BCUT2D eigenvalue weighted by Gasteiger charge is 2.20. The van der Waals surface area contributed by atoms with E-state index in [0.29, 0.717) is 11.1 Å². The number of hydrogen-bond acceptors (Lipinski definition) is 4. The van der Waals surface area contributed by atoms with Gasteiger partial charge >= 0.3 is 5.97 Å². The Kier molecular flexibility index (Phi) is 7.69. The molecule has 2 rings (SSSR count). The van der Waals surface area contributed by atoms with E-state index in [1.165, 1.54) is 19.1 Å². The van der Waals surface area contributed by atoms with Crippen LogP contribution in [0.1, 0.15) is 49.2 Å². The largest absolute Gasteiger partial charge is 0.454 e. The minimum Gasteiger partial charge on any atom is -0.454 e. The maximum absolute atomic E-state index is 12.9. The Morgan fingerprint density at radius 2 is 1.60 bits per heavy atom. The number of rotatable bonds is 7. The molecule has 2 N–H and O–H groups in total. The molecule has 0 aliphatic heterocycles. The van der Waals surface area contributed by atoms with E-state index in [-0.39, 0.29) is 17.8 Å². The third-order valence-electron chi connectivity index (χ3n) is 4.46. The molecule has 0 spiro atoms. The molecule has 0 aromatic heterocycles. The topological polar surface area (TPSA) is 84.5 Å². The van der Waals surface area contributed by atoms with Gasteiger partial charge < -0.3 is 15.4 Å². The monoisotopic (exact) mass is 414 g/mol. The van der Waals surface area contributed by atoms with Crippen molar-refractivity contribution in [2.45, 2.75) is 45.7 Å². The summed E-state index contributed by atoms with van der Waals surface area (Å²) in [7, 11) is 0. The summed E-state index contributed by atoms with van der Waals surface area (Å²) < 4.78 is 17.8. The Bertz CT molecular complexity index is 887. The number of hydrogen-bond donors (Lipinski definition) is 2. The van der Waals surface area contributed by atoms with Crippen LogP contribution in [0.4, 0.5) is 4.39 Å². The Labute approximate surface area is 175 Å². The number of halogens is 1. The summed E-state index contributed by atoms with van der Waals surface area (Å²) in [5.41, 5.74) is 2.22. The van der Waals surface area contributed by atoms with E-state index >= 15 is 0 Å². The van der Waals surface area contributed by atoms with E-state index in [4.69, 9.17) is 4.74 Å². The van der Waals surface area contributed by atoms with Gasteiger partial charge in [0.1, 0.15) is 11.9 Å². The Morgan fingerprint density at radius 3 is 2.17 bits per heavy atom. The molecule has 0 aliphatic rings. The molecule has 0 saturated carbocycles. The Morgan fingerprint density at radius 1 is 1.00 bits per heavy atom. The molecule has 0 bridgehead atoms. The first-order valence-electron chi connectivity index (χ1n) is 9.65. The van der Waals surface area contributed by atoms with Crippen LogP contribution in [0.3, 0.4) is 0 Å². The van der Waals surface area contributed by atoms with Crippen LogP contribution in [-0.4, -0.2) is 30.4 Å². The number of nitrogens with one attached hydrogen (secondary N) is 2. The summed E-state index contributed by atoms with van der Waals surface area (Å²) in [6, 6.07) is 11.9. The predicted molar refractivity (Wildman–Crippen MR) is 111 cm³/mol. The lowest BCUT2D eigenvalue weighted by atomic mass is 9.86. The third kappa shape index (κ3) is 6.99. The van der Waals surface area contributed by atoms with Crippen molar-refractivity contribution in [1.29, 1.82) is 0 Å². The molecule has 30 heavy (non-hydrogen) atoms. The van der Waals surface area contributed by atoms with Gasteiger partial charge in [-0.25, -0.2) is 9.18 Å². The molecule has 7 heteroatoms. The quantitative estimate of drug-likeness (QED) is 0.682. The van der Waals surface area contributed by atoms with E-state index < -0.39 is 30.4 Å². The normalized spacial score (nSPS) is 12.0. The van der Waals surface area contributed by atoms with Gasteiger partial charge in [-0.05, 0) is 47.7 Å². The zero-order chi connectivity index (χ0) is 22.3. The van der Waals surface area contributed by atoms with E-state index in [2.05, 4.69) is 31.4 Å². The molecule has 2 aromatic rings. The first-order chi connectivity index (χ1) is 14.1. The summed E-state index contributed by atoms with van der Waals surface area (Å²) in [4.78, 5) is 36.2. The number of carbonyl (C=O) groups excluding carboxylic acids is 3. The van der Waals surface area contributed by atoms with Crippen LogP contribution in [0.2, 0.25) is 0 Å². The highest BCUT2D eigenvalue weighted by atomic mass is 19.1. The molecule has 0 aliphatic carbocycles. The molecule has 0 fully saturated rings. The summed E-state index contributed by atoms with van der Waals surface area (Å²) in [5, 5.41) is 5.13. The lowest BCUT2D eigenvalue weighted by Gasteiger charge is -2.19. The molecular weight excluding hydrogens is 387 g/mol. The van der Waals surface area contributed by atoms with Gasteiger partial charge in [0.05, 0.1) is 0 Å². The van der Waals surface area contributed by atoms with Gasteiger partial charge in [-0.2, -0.15) is 0 Å². The van der Waals surface area contributed by atoms with E-state index in [9.17, 15) is 18.8 Å². The maximum Gasteiger partial charge on any atom is 0.328 e. The maximum atomic E-state index is 12.9. The highest BCUT2D eigenvalue weighted by molar-refractivity contribution is 5.96. The molecule has 0 radical (unpaired) electrons. The van der Waals surface area contributed by atoms with Crippen LogP contribution >= 0.6 is 0 Å². The third-order valence-corrected chi connectivity index (χ3v) is 4.46. The van der Waals surface area contributed by atoms with Gasteiger partial charge in [0.25, 0.3) is 11.8 Å². The molecule has 2 amide bonds. The summed E-state index contributed by atoms with van der Waals surface area (Å²) in [6.07, 6.45) is 0. The Hall–Kier alpha value is -3.22. The predicted octanol–water partition coefficient (Wildman–Crippen LogP) is 3.10. The number of benzene rings is 2. The lowest BCUT2D eigenvalue weighted by molar-refractivity contribution is -0.150. The van der Waals surface area contributed by atoms with Crippen LogP contribution in [0, 0.1) is 5.82 Å². The number of amides is 2. The Balaban J connectivity index is 1.77. The smallest absolute Gasteiger partial charge is 0.328 e. The van der Waals surface area contributed by atoms with Crippen molar-refractivity contribution in [2.24, 2.45) is 0 Å². The standard InChI is InChI=1S/C23H27FN2O4/c1-15(26-21(28)17-7-9-18(10-8-17)23(2,3)4)22(29)30-14-20(27)25-13-16-5-11-19(24)12-6-16/h5-12,15H,13-14H2,1-4H3,(H,25,27)(H,26,28)/t15-/m0/s1. The van der Waals surface area contributed by atoms with Crippen LogP contribution in [-0.2, 0) is 26.3 Å². The minimum atomic E-state index is -0.912. The lowest BCUT2D eigenvalue weighted by Crippen LogP contribution is -2.41. The van der Waals surface area contributed by atoms with Crippen LogP contribution in [0.25, 0.3) is 0 Å². The molecule has 2 aromatic carbocycles. The van der Waals surface area contributed by atoms with Gasteiger partial charge in [0.15, 0.2) is 6.61 Å². The van der Waals surface area contributed by atoms with Crippen molar-refractivity contribution >= 4 is 17.8 Å². The summed E-state index contributed by atoms with van der Waals surface area (Å²) in [6.45, 7) is 7.44. The first-order valence-corrected chi connectivity index (χ1v) is 9.65. The molecule has 0 unspecified atom stereocenters. The van der Waals surface area contributed by atoms with Crippen molar-refractivity contribution in [2.75, 3.05) is 6.61 Å². The van der Waals surface area contributed by atoms with Crippen LogP contribution in [0.5, 0.6) is 0 Å².